The van der Waals surface area contributed by atoms with Gasteiger partial charge in [0, 0.05) is 49.7 Å². The van der Waals surface area contributed by atoms with Gasteiger partial charge in [0.25, 0.3) is 0 Å². The Kier molecular flexibility index (Phi) is 6.14. The van der Waals surface area contributed by atoms with E-state index in [4.69, 9.17) is 25.2 Å². The first-order chi connectivity index (χ1) is 17.0. The van der Waals surface area contributed by atoms with E-state index in [2.05, 4.69) is 33.6 Å². The van der Waals surface area contributed by atoms with Crippen LogP contribution >= 0.6 is 0 Å². The van der Waals surface area contributed by atoms with E-state index in [-0.39, 0.29) is 23.6 Å². The zero-order valence-electron chi connectivity index (χ0n) is 21.8. The van der Waals surface area contributed by atoms with E-state index < -0.39 is 5.60 Å². The molecule has 11 heteroatoms. The molecular formula is C25H36N8O3. The average molecular weight is 497 g/mol. The van der Waals surface area contributed by atoms with Crippen molar-refractivity contribution in [3.8, 4) is 11.3 Å². The van der Waals surface area contributed by atoms with E-state index in [1.165, 1.54) is 0 Å². The number of hydrogen-bond acceptors (Lipinski definition) is 10. The highest BCUT2D eigenvalue weighted by molar-refractivity contribution is 5.74. The lowest BCUT2D eigenvalue weighted by Gasteiger charge is -2.38. The van der Waals surface area contributed by atoms with Crippen molar-refractivity contribution in [3.63, 3.8) is 0 Å². The molecule has 0 saturated carbocycles. The topological polar surface area (TPSA) is 123 Å². The Labute approximate surface area is 212 Å². The van der Waals surface area contributed by atoms with Crippen LogP contribution < -0.4 is 15.5 Å². The van der Waals surface area contributed by atoms with Crippen molar-refractivity contribution in [1.82, 2.24) is 24.8 Å². The van der Waals surface area contributed by atoms with Crippen LogP contribution in [-0.2, 0) is 15.9 Å². The summed E-state index contributed by atoms with van der Waals surface area (Å²) in [6, 6.07) is 0.159. The minimum Gasteiger partial charge on any atom is -0.444 e. The fourth-order valence-electron chi connectivity index (χ4n) is 5.27. The lowest BCUT2D eigenvalue weighted by atomic mass is 9.99. The number of nitrogens with zero attached hydrogens (tertiary/aromatic N) is 7. The van der Waals surface area contributed by atoms with Gasteiger partial charge in [0.1, 0.15) is 11.4 Å². The predicted octanol–water partition coefficient (Wildman–Crippen LogP) is 2.50. The van der Waals surface area contributed by atoms with E-state index in [9.17, 15) is 4.79 Å². The highest BCUT2D eigenvalue weighted by Crippen LogP contribution is 2.41. The van der Waals surface area contributed by atoms with Crippen molar-refractivity contribution in [2.45, 2.75) is 64.6 Å². The maximum atomic E-state index is 12.8. The van der Waals surface area contributed by atoms with Gasteiger partial charge in [-0.05, 0) is 47.5 Å². The number of anilines is 3. The van der Waals surface area contributed by atoms with Crippen LogP contribution in [0.25, 0.3) is 11.3 Å². The first-order valence-corrected chi connectivity index (χ1v) is 12.6. The summed E-state index contributed by atoms with van der Waals surface area (Å²) in [7, 11) is 0. The van der Waals surface area contributed by atoms with E-state index in [0.717, 1.165) is 48.6 Å². The first-order valence-electron chi connectivity index (χ1n) is 12.6. The monoisotopic (exact) mass is 496 g/mol. The highest BCUT2D eigenvalue weighted by atomic mass is 16.6. The molecule has 0 spiro atoms. The Morgan fingerprint density at radius 3 is 2.64 bits per heavy atom. The second-order valence-corrected chi connectivity index (χ2v) is 11.2. The third-order valence-corrected chi connectivity index (χ3v) is 7.14. The Hall–Kier alpha value is -3.21. The van der Waals surface area contributed by atoms with Crippen LogP contribution in [0.4, 0.5) is 22.5 Å². The molecule has 5 heterocycles. The third-order valence-electron chi connectivity index (χ3n) is 7.14. The summed E-state index contributed by atoms with van der Waals surface area (Å²) in [5, 5.41) is 0. The predicted molar refractivity (Wildman–Crippen MR) is 137 cm³/mol. The van der Waals surface area contributed by atoms with Gasteiger partial charge in [0.2, 0.25) is 11.9 Å². The molecule has 2 N–H and O–H groups in total. The first kappa shape index (κ1) is 24.5. The smallest absolute Gasteiger partial charge is 0.410 e. The SMILES string of the molecule is CC1COCCN1c1nc(-c2cnc(N)nc2)c2c(n1)N(C1(C)CCN(C(=O)OC(C)(C)C)C1)CC2. The molecule has 0 radical (unpaired) electrons. The summed E-state index contributed by atoms with van der Waals surface area (Å²) < 4.78 is 11.3. The van der Waals surface area contributed by atoms with Gasteiger partial charge >= 0.3 is 6.09 Å². The summed E-state index contributed by atoms with van der Waals surface area (Å²) in [4.78, 5) is 37.7. The molecule has 5 rings (SSSR count). The second kappa shape index (κ2) is 9.02. The van der Waals surface area contributed by atoms with Crippen molar-refractivity contribution in [2.24, 2.45) is 0 Å². The summed E-state index contributed by atoms with van der Waals surface area (Å²) >= 11 is 0. The Balaban J connectivity index is 1.51. The van der Waals surface area contributed by atoms with Crippen LogP contribution in [0.5, 0.6) is 0 Å². The van der Waals surface area contributed by atoms with Crippen molar-refractivity contribution in [3.05, 3.63) is 18.0 Å². The van der Waals surface area contributed by atoms with Crippen molar-refractivity contribution in [1.29, 1.82) is 0 Å². The van der Waals surface area contributed by atoms with Gasteiger partial charge in [-0.2, -0.15) is 4.98 Å². The minimum absolute atomic E-state index is 0.159. The van der Waals surface area contributed by atoms with E-state index in [1.807, 2.05) is 25.7 Å². The number of fused-ring (bicyclic) bond motifs is 1. The molecule has 194 valence electrons. The molecule has 2 aromatic rings. The fourth-order valence-corrected chi connectivity index (χ4v) is 5.27. The summed E-state index contributed by atoms with van der Waals surface area (Å²) in [5.74, 6) is 1.82. The molecule has 0 aromatic carbocycles. The summed E-state index contributed by atoms with van der Waals surface area (Å²) in [5.41, 5.74) is 7.69. The molecule has 2 aromatic heterocycles. The molecule has 0 aliphatic carbocycles. The fraction of sp³-hybridized carbons (Fsp3) is 0.640. The molecule has 36 heavy (non-hydrogen) atoms. The Bertz CT molecular complexity index is 1140. The molecule has 3 aliphatic rings. The van der Waals surface area contributed by atoms with Gasteiger partial charge in [-0.3, -0.25) is 0 Å². The van der Waals surface area contributed by atoms with Crippen LogP contribution in [0, 0.1) is 0 Å². The number of likely N-dealkylation sites (tertiary alicyclic amines) is 1. The highest BCUT2D eigenvalue weighted by Gasteiger charge is 2.45. The molecule has 1 amide bonds. The van der Waals surface area contributed by atoms with Gasteiger partial charge in [-0.15, -0.1) is 0 Å². The number of hydrogen-bond donors (Lipinski definition) is 1. The van der Waals surface area contributed by atoms with Crippen LogP contribution in [-0.4, -0.2) is 87.5 Å². The second-order valence-electron chi connectivity index (χ2n) is 11.2. The summed E-state index contributed by atoms with van der Waals surface area (Å²) in [6.45, 7) is 14.0. The molecular weight excluding hydrogens is 460 g/mol. The number of ether oxygens (including phenoxy) is 2. The van der Waals surface area contributed by atoms with Gasteiger partial charge < -0.3 is 29.9 Å². The number of nitrogens with two attached hydrogens (primary N) is 1. The van der Waals surface area contributed by atoms with Gasteiger partial charge in [-0.25, -0.2) is 19.7 Å². The van der Waals surface area contributed by atoms with Crippen LogP contribution in [0.15, 0.2) is 12.4 Å². The maximum absolute atomic E-state index is 12.8. The molecule has 0 bridgehead atoms. The Morgan fingerprint density at radius 2 is 1.94 bits per heavy atom. The number of carbonyl (C=O) groups is 1. The van der Waals surface area contributed by atoms with Gasteiger partial charge in [0.05, 0.1) is 30.5 Å². The standard InChI is InChI=1S/C25H36N8O3/c1-16-14-35-11-10-32(16)22-29-19(17-12-27-21(26)28-13-17)18-6-8-33(20(18)30-22)25(5)7-9-31(15-25)23(34)36-24(2,3)4/h12-13,16H,6-11,14-15H2,1-5H3,(H2,26,27,28). The maximum Gasteiger partial charge on any atom is 0.410 e. The van der Waals surface area contributed by atoms with Crippen LogP contribution in [0.2, 0.25) is 0 Å². The van der Waals surface area contributed by atoms with E-state index in [0.29, 0.717) is 32.3 Å². The number of rotatable bonds is 3. The van der Waals surface area contributed by atoms with Crippen molar-refractivity contribution in [2.75, 3.05) is 54.9 Å². The number of carbonyl (C=O) groups excluding carboxylic acids is 1. The molecule has 2 unspecified atom stereocenters. The number of amides is 1. The lowest BCUT2D eigenvalue weighted by molar-refractivity contribution is 0.0285. The number of nitrogen functional groups attached to an aromatic ring is 1. The molecule has 2 atom stereocenters. The van der Waals surface area contributed by atoms with E-state index >= 15 is 0 Å². The molecule has 3 aliphatic heterocycles. The molecule has 11 nitrogen and oxygen atoms in total. The Morgan fingerprint density at radius 1 is 1.19 bits per heavy atom. The largest absolute Gasteiger partial charge is 0.444 e. The summed E-state index contributed by atoms with van der Waals surface area (Å²) in [6.07, 6.45) is 4.81. The van der Waals surface area contributed by atoms with Crippen LogP contribution in [0.3, 0.4) is 0 Å². The zero-order chi connectivity index (χ0) is 25.7. The van der Waals surface area contributed by atoms with E-state index in [1.54, 1.807) is 12.4 Å². The number of aromatic nitrogens is 4. The minimum atomic E-state index is -0.524. The normalized spacial score (nSPS) is 24.2. The van der Waals surface area contributed by atoms with Gasteiger partial charge in [0.15, 0.2) is 0 Å². The van der Waals surface area contributed by atoms with Crippen molar-refractivity contribution >= 4 is 23.8 Å². The average Bonchev–Trinajstić information content (AvgIpc) is 3.43. The van der Waals surface area contributed by atoms with Gasteiger partial charge in [-0.1, -0.05) is 0 Å². The molecule has 2 saturated heterocycles. The molecule has 2 fully saturated rings. The van der Waals surface area contributed by atoms with Crippen LogP contribution in [0.1, 0.15) is 46.6 Å². The quantitative estimate of drug-likeness (QED) is 0.678. The third kappa shape index (κ3) is 4.63. The zero-order valence-corrected chi connectivity index (χ0v) is 21.8. The lowest BCUT2D eigenvalue weighted by Crippen LogP contribution is -2.49. The number of morpholine rings is 1. The van der Waals surface area contributed by atoms with Crippen molar-refractivity contribution < 1.29 is 14.3 Å².